The van der Waals surface area contributed by atoms with Crippen molar-refractivity contribution < 1.29 is 22.4 Å². The second-order valence-corrected chi connectivity index (χ2v) is 5.22. The smallest absolute Gasteiger partial charge is 0.358 e. The number of carbonyl (C=O) groups is 1. The van der Waals surface area contributed by atoms with Crippen LogP contribution in [0.5, 0.6) is 0 Å². The van der Waals surface area contributed by atoms with Crippen molar-refractivity contribution in [2.45, 2.75) is 6.18 Å². The van der Waals surface area contributed by atoms with Crippen LogP contribution in [-0.2, 0) is 6.18 Å². The quantitative estimate of drug-likeness (QED) is 0.688. The Kier molecular flexibility index (Phi) is 4.03. The van der Waals surface area contributed by atoms with Crippen LogP contribution >= 0.6 is 0 Å². The topological polar surface area (TPSA) is 62.0 Å². The van der Waals surface area contributed by atoms with Crippen LogP contribution in [0.1, 0.15) is 15.9 Å². The summed E-state index contributed by atoms with van der Waals surface area (Å²) in [6.07, 6.45) is -3.42. The van der Waals surface area contributed by atoms with Crippen molar-refractivity contribution in [1.82, 2.24) is 4.98 Å². The predicted octanol–water partition coefficient (Wildman–Crippen LogP) is 3.94. The van der Waals surface area contributed by atoms with Crippen molar-refractivity contribution in [3.05, 3.63) is 75.8 Å². The molecule has 8 heteroatoms. The highest BCUT2D eigenvalue weighted by Crippen LogP contribution is 2.29. The standard InChI is InChI=1S/C17H10F4N2O2/c18-13-3-1-2-11-14(13)22-8-12(15(11)24)16(25)23-10-6-4-9(5-7-10)17(19,20)21/h1-8H,(H,22,24)(H,23,25). The number of H-pyrrole nitrogens is 1. The van der Waals surface area contributed by atoms with E-state index in [1.165, 1.54) is 18.2 Å². The summed E-state index contributed by atoms with van der Waals surface area (Å²) in [5.74, 6) is -1.45. The van der Waals surface area contributed by atoms with Gasteiger partial charge < -0.3 is 10.3 Å². The van der Waals surface area contributed by atoms with E-state index in [0.29, 0.717) is 0 Å². The van der Waals surface area contributed by atoms with Gasteiger partial charge in [0.25, 0.3) is 5.91 Å². The Labute approximate surface area is 138 Å². The maximum Gasteiger partial charge on any atom is 0.416 e. The number of hydrogen-bond acceptors (Lipinski definition) is 2. The fourth-order valence-corrected chi connectivity index (χ4v) is 2.32. The monoisotopic (exact) mass is 350 g/mol. The highest BCUT2D eigenvalue weighted by Gasteiger charge is 2.30. The zero-order chi connectivity index (χ0) is 18.2. The van der Waals surface area contributed by atoms with Crippen LogP contribution in [0.4, 0.5) is 23.2 Å². The number of alkyl halides is 3. The van der Waals surface area contributed by atoms with Crippen LogP contribution in [0.25, 0.3) is 10.9 Å². The minimum absolute atomic E-state index is 0.0000642. The van der Waals surface area contributed by atoms with Gasteiger partial charge in [-0.2, -0.15) is 13.2 Å². The van der Waals surface area contributed by atoms with E-state index in [0.717, 1.165) is 30.5 Å². The molecule has 128 valence electrons. The molecule has 1 aromatic heterocycles. The lowest BCUT2D eigenvalue weighted by Crippen LogP contribution is -2.22. The van der Waals surface area contributed by atoms with Crippen LogP contribution < -0.4 is 10.7 Å². The molecule has 2 aromatic carbocycles. The molecule has 0 spiro atoms. The first-order valence-corrected chi connectivity index (χ1v) is 7.06. The van der Waals surface area contributed by atoms with E-state index in [4.69, 9.17) is 0 Å². The molecule has 0 aliphatic rings. The van der Waals surface area contributed by atoms with Crippen molar-refractivity contribution in [3.8, 4) is 0 Å². The number of hydrogen-bond donors (Lipinski definition) is 2. The zero-order valence-electron chi connectivity index (χ0n) is 12.4. The van der Waals surface area contributed by atoms with Gasteiger partial charge in [-0.3, -0.25) is 9.59 Å². The second kappa shape index (κ2) is 6.04. The molecular formula is C17H10F4N2O2. The molecule has 3 aromatic rings. The minimum atomic E-state index is -4.48. The number of benzene rings is 2. The number of carbonyl (C=O) groups excluding carboxylic acids is 1. The normalized spacial score (nSPS) is 11.5. The van der Waals surface area contributed by atoms with E-state index >= 15 is 0 Å². The molecule has 2 N–H and O–H groups in total. The fraction of sp³-hybridized carbons (Fsp3) is 0.0588. The van der Waals surface area contributed by atoms with Gasteiger partial charge in [-0.05, 0) is 36.4 Å². The number of rotatable bonds is 2. The molecule has 0 fully saturated rings. The average molecular weight is 350 g/mol. The van der Waals surface area contributed by atoms with E-state index in [1.54, 1.807) is 0 Å². The van der Waals surface area contributed by atoms with E-state index in [9.17, 15) is 27.2 Å². The Hall–Kier alpha value is -3.16. The molecule has 0 saturated carbocycles. The van der Waals surface area contributed by atoms with E-state index in [-0.39, 0.29) is 22.2 Å². The lowest BCUT2D eigenvalue weighted by Gasteiger charge is -2.09. The zero-order valence-corrected chi connectivity index (χ0v) is 12.4. The summed E-state index contributed by atoms with van der Waals surface area (Å²) in [6, 6.07) is 7.66. The molecule has 0 unspecified atom stereocenters. The third-order valence-electron chi connectivity index (χ3n) is 3.58. The molecule has 0 bridgehead atoms. The Morgan fingerprint density at radius 2 is 1.72 bits per heavy atom. The average Bonchev–Trinajstić information content (AvgIpc) is 2.55. The summed E-state index contributed by atoms with van der Waals surface area (Å²) >= 11 is 0. The molecule has 0 aliphatic heterocycles. The number of aromatic nitrogens is 1. The molecule has 3 rings (SSSR count). The minimum Gasteiger partial charge on any atom is -0.358 e. The van der Waals surface area contributed by atoms with Crippen molar-refractivity contribution in [3.63, 3.8) is 0 Å². The van der Waals surface area contributed by atoms with Gasteiger partial charge in [-0.15, -0.1) is 0 Å². The van der Waals surface area contributed by atoms with Crippen LogP contribution in [-0.4, -0.2) is 10.9 Å². The Morgan fingerprint density at radius 3 is 2.36 bits per heavy atom. The number of aromatic amines is 1. The number of nitrogens with one attached hydrogen (secondary N) is 2. The number of fused-ring (bicyclic) bond motifs is 1. The van der Waals surface area contributed by atoms with Crippen LogP contribution in [0, 0.1) is 5.82 Å². The Balaban J connectivity index is 1.90. The van der Waals surface area contributed by atoms with E-state index in [1.807, 2.05) is 0 Å². The maximum absolute atomic E-state index is 13.6. The van der Waals surface area contributed by atoms with E-state index < -0.39 is 28.9 Å². The second-order valence-electron chi connectivity index (χ2n) is 5.22. The number of para-hydroxylation sites is 1. The molecule has 25 heavy (non-hydrogen) atoms. The first kappa shape index (κ1) is 16.7. The summed E-state index contributed by atoms with van der Waals surface area (Å²) < 4.78 is 51.2. The van der Waals surface area contributed by atoms with Gasteiger partial charge in [-0.25, -0.2) is 4.39 Å². The fourth-order valence-electron chi connectivity index (χ4n) is 2.32. The van der Waals surface area contributed by atoms with Crippen molar-refractivity contribution in [2.75, 3.05) is 5.32 Å². The Morgan fingerprint density at radius 1 is 1.04 bits per heavy atom. The van der Waals surface area contributed by atoms with Crippen molar-refractivity contribution >= 4 is 22.5 Å². The van der Waals surface area contributed by atoms with Crippen LogP contribution in [0.15, 0.2) is 53.5 Å². The largest absolute Gasteiger partial charge is 0.416 e. The third-order valence-corrected chi connectivity index (χ3v) is 3.58. The van der Waals surface area contributed by atoms with Crippen LogP contribution in [0.2, 0.25) is 0 Å². The van der Waals surface area contributed by atoms with Gasteiger partial charge in [0.15, 0.2) is 0 Å². The summed E-state index contributed by atoms with van der Waals surface area (Å²) in [6.45, 7) is 0. The molecule has 0 aliphatic carbocycles. The number of anilines is 1. The predicted molar refractivity (Wildman–Crippen MR) is 83.9 cm³/mol. The summed E-state index contributed by atoms with van der Waals surface area (Å²) in [7, 11) is 0. The molecule has 0 saturated heterocycles. The summed E-state index contributed by atoms with van der Waals surface area (Å²) in [4.78, 5) is 27.0. The lowest BCUT2D eigenvalue weighted by atomic mass is 10.1. The third kappa shape index (κ3) is 3.23. The summed E-state index contributed by atoms with van der Waals surface area (Å²) in [5.41, 5.74) is -1.75. The van der Waals surface area contributed by atoms with Gasteiger partial charge in [0, 0.05) is 17.3 Å². The lowest BCUT2D eigenvalue weighted by molar-refractivity contribution is -0.137. The first-order chi connectivity index (χ1) is 11.8. The van der Waals surface area contributed by atoms with Crippen LogP contribution in [0.3, 0.4) is 0 Å². The molecule has 4 nitrogen and oxygen atoms in total. The SMILES string of the molecule is O=C(Nc1ccc(C(F)(F)F)cc1)c1c[nH]c2c(F)cccc2c1=O. The molecule has 0 radical (unpaired) electrons. The number of halogens is 4. The van der Waals surface area contributed by atoms with Gasteiger partial charge in [0.2, 0.25) is 5.43 Å². The van der Waals surface area contributed by atoms with Gasteiger partial charge in [0.1, 0.15) is 11.4 Å². The molecule has 1 heterocycles. The van der Waals surface area contributed by atoms with Gasteiger partial charge in [-0.1, -0.05) is 6.07 Å². The van der Waals surface area contributed by atoms with Crippen molar-refractivity contribution in [2.24, 2.45) is 0 Å². The van der Waals surface area contributed by atoms with Crippen molar-refractivity contribution in [1.29, 1.82) is 0 Å². The highest BCUT2D eigenvalue weighted by molar-refractivity contribution is 6.05. The molecule has 0 atom stereocenters. The number of amides is 1. The highest BCUT2D eigenvalue weighted by atomic mass is 19.4. The maximum atomic E-state index is 13.6. The molecule has 1 amide bonds. The first-order valence-electron chi connectivity index (χ1n) is 7.06. The van der Waals surface area contributed by atoms with E-state index in [2.05, 4.69) is 10.3 Å². The molecular weight excluding hydrogens is 340 g/mol. The van der Waals surface area contributed by atoms with Gasteiger partial charge in [0.05, 0.1) is 11.1 Å². The Bertz CT molecular complexity index is 1010. The van der Waals surface area contributed by atoms with Gasteiger partial charge >= 0.3 is 6.18 Å². The number of pyridine rings is 1. The summed E-state index contributed by atoms with van der Waals surface area (Å²) in [5, 5.41) is 2.34.